The lowest BCUT2D eigenvalue weighted by Gasteiger charge is -2.23. The van der Waals surface area contributed by atoms with E-state index in [1.165, 1.54) is 51.0 Å². The van der Waals surface area contributed by atoms with Crippen LogP contribution in [0, 0.1) is 11.8 Å². The van der Waals surface area contributed by atoms with Crippen molar-refractivity contribution in [1.82, 2.24) is 0 Å². The summed E-state index contributed by atoms with van der Waals surface area (Å²) in [7, 11) is 1.39. The third-order valence-electron chi connectivity index (χ3n) is 6.80. The fourth-order valence-electron chi connectivity index (χ4n) is 5.29. The largest absolute Gasteiger partial charge is 0.488 e. The molecule has 5 nitrogen and oxygen atoms in total. The topological polar surface area (TPSA) is 76.0 Å². The molecule has 2 fully saturated rings. The molecule has 3 aliphatic rings. The number of benzene rings is 1. The number of carbonyl (C=O) groups excluding carboxylic acids is 1. The highest BCUT2D eigenvalue weighted by atomic mass is 32.2. The molecule has 6 heteroatoms. The molecule has 5 atom stereocenters. The van der Waals surface area contributed by atoms with Gasteiger partial charge in [-0.05, 0) is 18.4 Å². The summed E-state index contributed by atoms with van der Waals surface area (Å²) in [4.78, 5) is 12.5. The lowest BCUT2D eigenvalue weighted by Crippen LogP contribution is -2.18. The minimum atomic E-state index is -0.474. The van der Waals surface area contributed by atoms with Crippen molar-refractivity contribution in [2.75, 3.05) is 12.9 Å². The molecule has 1 aromatic carbocycles. The highest BCUT2D eigenvalue weighted by Gasteiger charge is 2.49. The van der Waals surface area contributed by atoms with E-state index in [9.17, 15) is 15.0 Å². The van der Waals surface area contributed by atoms with Gasteiger partial charge in [-0.15, -0.1) is 11.8 Å². The van der Waals surface area contributed by atoms with Gasteiger partial charge in [0.25, 0.3) is 0 Å². The van der Waals surface area contributed by atoms with Gasteiger partial charge < -0.3 is 19.7 Å². The number of rotatable bonds is 7. The van der Waals surface area contributed by atoms with E-state index in [-0.39, 0.29) is 29.7 Å². The van der Waals surface area contributed by atoms with Gasteiger partial charge in [0.15, 0.2) is 0 Å². The van der Waals surface area contributed by atoms with Crippen LogP contribution < -0.4 is 4.74 Å². The molecule has 0 aromatic heterocycles. The van der Waals surface area contributed by atoms with Crippen LogP contribution in [-0.2, 0) is 9.53 Å². The van der Waals surface area contributed by atoms with E-state index in [4.69, 9.17) is 9.47 Å². The summed E-state index contributed by atoms with van der Waals surface area (Å²) in [6.45, 7) is 0. The number of thioether (sulfide) groups is 1. The van der Waals surface area contributed by atoms with Crippen LogP contribution in [0.3, 0.4) is 0 Å². The molecule has 2 N–H and O–H groups in total. The Morgan fingerprint density at radius 1 is 1.33 bits per heavy atom. The molecule has 0 bridgehead atoms. The summed E-state index contributed by atoms with van der Waals surface area (Å²) in [5, 5.41) is 21.2. The van der Waals surface area contributed by atoms with E-state index < -0.39 is 12.2 Å². The molecule has 164 valence electrons. The summed E-state index contributed by atoms with van der Waals surface area (Å²) < 4.78 is 11.0. The van der Waals surface area contributed by atoms with E-state index >= 15 is 0 Å². The zero-order chi connectivity index (χ0) is 21.1. The van der Waals surface area contributed by atoms with Crippen LogP contribution in [-0.4, -0.2) is 47.4 Å². The zero-order valence-electron chi connectivity index (χ0n) is 17.5. The van der Waals surface area contributed by atoms with Gasteiger partial charge in [-0.25, -0.2) is 0 Å². The normalized spacial score (nSPS) is 29.4. The number of aliphatic hydroxyl groups excluding tert-OH is 2. The maximum atomic E-state index is 11.5. The Bertz CT molecular complexity index is 773. The summed E-state index contributed by atoms with van der Waals surface area (Å²) in [5.74, 6) is 1.42. The summed E-state index contributed by atoms with van der Waals surface area (Å²) in [6, 6.07) is 6.00. The van der Waals surface area contributed by atoms with Gasteiger partial charge in [0.05, 0.1) is 30.0 Å². The molecule has 0 saturated heterocycles. The zero-order valence-corrected chi connectivity index (χ0v) is 18.4. The molecular weight excluding hydrogens is 400 g/mol. The number of ether oxygens (including phenoxy) is 2. The number of esters is 1. The number of fused-ring (bicyclic) bond motifs is 3. The molecule has 0 spiro atoms. The van der Waals surface area contributed by atoms with E-state index in [1.54, 1.807) is 0 Å². The van der Waals surface area contributed by atoms with Gasteiger partial charge in [-0.2, -0.15) is 0 Å². The first-order valence-electron chi connectivity index (χ1n) is 11.1. The molecule has 1 aromatic rings. The first kappa shape index (κ1) is 21.7. The van der Waals surface area contributed by atoms with Crippen molar-refractivity contribution in [3.8, 4) is 5.75 Å². The summed E-state index contributed by atoms with van der Waals surface area (Å²) in [6.07, 6.45) is 10.6. The standard InChI is InChI=1S/C24H32O5S/c1-28-22(27)14-30-21-9-5-8-18-23-17(19(26)13-20(23)29-24(18)21)11-10-16(25)12-15-6-3-2-4-7-15/h5,8-11,15-17,19-20,23,25-26H,2-4,6-7,12-14H2,1H3/b11-10+/t16?,17-,19+,20-,23-/m0/s1. The first-order valence-corrected chi connectivity index (χ1v) is 12.1. The molecule has 0 amide bonds. The van der Waals surface area contributed by atoms with E-state index in [0.717, 1.165) is 22.6 Å². The van der Waals surface area contributed by atoms with Crippen molar-refractivity contribution in [2.24, 2.45) is 11.8 Å². The number of methoxy groups -OCH3 is 1. The van der Waals surface area contributed by atoms with Crippen LogP contribution in [0.15, 0.2) is 35.2 Å². The fourth-order valence-corrected chi connectivity index (χ4v) is 6.15. The molecule has 30 heavy (non-hydrogen) atoms. The third-order valence-corrected chi connectivity index (χ3v) is 7.81. The first-order chi connectivity index (χ1) is 14.6. The van der Waals surface area contributed by atoms with Crippen LogP contribution in [0.2, 0.25) is 0 Å². The molecule has 2 aliphatic carbocycles. The predicted molar refractivity (Wildman–Crippen MR) is 117 cm³/mol. The summed E-state index contributed by atoms with van der Waals surface area (Å²) >= 11 is 1.42. The van der Waals surface area contributed by atoms with Crippen LogP contribution in [0.25, 0.3) is 0 Å². The maximum absolute atomic E-state index is 11.5. The smallest absolute Gasteiger partial charge is 0.315 e. The van der Waals surface area contributed by atoms with Crippen LogP contribution >= 0.6 is 11.8 Å². The highest BCUT2D eigenvalue weighted by Crippen LogP contribution is 2.53. The van der Waals surface area contributed by atoms with Crippen LogP contribution in [0.4, 0.5) is 0 Å². The van der Waals surface area contributed by atoms with Gasteiger partial charge in [-0.1, -0.05) is 56.4 Å². The quantitative estimate of drug-likeness (QED) is 0.384. The van der Waals surface area contributed by atoms with E-state index in [0.29, 0.717) is 12.3 Å². The van der Waals surface area contributed by atoms with Crippen molar-refractivity contribution in [2.45, 2.75) is 74.1 Å². The summed E-state index contributed by atoms with van der Waals surface area (Å²) in [5.41, 5.74) is 1.09. The molecule has 2 saturated carbocycles. The van der Waals surface area contributed by atoms with Crippen molar-refractivity contribution in [1.29, 1.82) is 0 Å². The Morgan fingerprint density at radius 2 is 2.13 bits per heavy atom. The van der Waals surface area contributed by atoms with Gasteiger partial charge in [0.2, 0.25) is 0 Å². The Kier molecular flexibility index (Phi) is 7.06. The number of carbonyl (C=O) groups is 1. The minimum Gasteiger partial charge on any atom is -0.488 e. The SMILES string of the molecule is COC(=O)CSc1cccc2c1O[C@H]1C[C@@H](O)[C@H](/C=C/C(O)CC3CCCCC3)[C@@H]21. The number of para-hydroxylation sites is 1. The Hall–Kier alpha value is -1.50. The van der Waals surface area contributed by atoms with Gasteiger partial charge >= 0.3 is 5.97 Å². The molecule has 0 radical (unpaired) electrons. The maximum Gasteiger partial charge on any atom is 0.315 e. The molecular formula is C24H32O5S. The monoisotopic (exact) mass is 432 g/mol. The van der Waals surface area contributed by atoms with E-state index in [1.807, 2.05) is 24.3 Å². The van der Waals surface area contributed by atoms with Crippen LogP contribution in [0.1, 0.15) is 56.4 Å². The average Bonchev–Trinajstić information content (AvgIpc) is 3.26. The van der Waals surface area contributed by atoms with Crippen LogP contribution in [0.5, 0.6) is 5.75 Å². The van der Waals surface area contributed by atoms with Gasteiger partial charge in [0, 0.05) is 23.8 Å². The lowest BCUT2D eigenvalue weighted by atomic mass is 9.84. The number of hydrogen-bond acceptors (Lipinski definition) is 6. The van der Waals surface area contributed by atoms with Crippen molar-refractivity contribution in [3.05, 3.63) is 35.9 Å². The molecule has 1 aliphatic heterocycles. The highest BCUT2D eigenvalue weighted by molar-refractivity contribution is 8.00. The Balaban J connectivity index is 1.45. The molecule has 1 heterocycles. The Labute approximate surface area is 182 Å². The predicted octanol–water partition coefficient (Wildman–Crippen LogP) is 4.06. The number of hydrogen-bond donors (Lipinski definition) is 2. The lowest BCUT2D eigenvalue weighted by molar-refractivity contribution is -0.137. The van der Waals surface area contributed by atoms with E-state index in [2.05, 4.69) is 6.07 Å². The fraction of sp³-hybridized carbons (Fsp3) is 0.625. The second-order valence-electron chi connectivity index (χ2n) is 8.79. The minimum absolute atomic E-state index is 0.0694. The Morgan fingerprint density at radius 3 is 2.90 bits per heavy atom. The van der Waals surface area contributed by atoms with Gasteiger partial charge in [0.1, 0.15) is 11.9 Å². The average molecular weight is 433 g/mol. The van der Waals surface area contributed by atoms with Crippen molar-refractivity contribution < 1.29 is 24.5 Å². The second-order valence-corrected chi connectivity index (χ2v) is 9.81. The second kappa shape index (κ2) is 9.75. The number of aliphatic hydroxyl groups is 2. The molecule has 4 rings (SSSR count). The third kappa shape index (κ3) is 4.71. The molecule has 1 unspecified atom stereocenters. The van der Waals surface area contributed by atoms with Crippen molar-refractivity contribution >= 4 is 17.7 Å². The van der Waals surface area contributed by atoms with Gasteiger partial charge in [-0.3, -0.25) is 4.79 Å². The van der Waals surface area contributed by atoms with Crippen molar-refractivity contribution in [3.63, 3.8) is 0 Å².